The average Bonchev–Trinajstić information content (AvgIpc) is 2.53. The normalized spacial score (nSPS) is 14.3. The summed E-state index contributed by atoms with van der Waals surface area (Å²) >= 11 is 13.3. The summed E-state index contributed by atoms with van der Waals surface area (Å²) in [5, 5.41) is 9.67. The minimum Gasteiger partial charge on any atom is -0.480 e. The molecule has 0 spiro atoms. The number of halogens is 2. The molecule has 0 saturated heterocycles. The maximum absolute atomic E-state index is 12.8. The maximum Gasteiger partial charge on any atom is 0.332 e. The molecule has 1 unspecified atom stereocenters. The molecule has 8 heteroatoms. The Kier molecular flexibility index (Phi) is 7.20. The SMILES string of the molecule is CSCC(CCl)(CCl)C(N)(C(=O)O)C(=O)Cc1ccccc1N. The Morgan fingerprint density at radius 1 is 1.26 bits per heavy atom. The van der Waals surface area contributed by atoms with Crippen LogP contribution in [0.1, 0.15) is 5.56 Å². The molecule has 0 amide bonds. The molecule has 0 aromatic heterocycles. The summed E-state index contributed by atoms with van der Waals surface area (Å²) in [7, 11) is 0. The summed E-state index contributed by atoms with van der Waals surface area (Å²) < 4.78 is 0. The van der Waals surface area contributed by atoms with Crippen LogP contribution in [0.15, 0.2) is 24.3 Å². The van der Waals surface area contributed by atoms with Crippen molar-refractivity contribution in [1.29, 1.82) is 0 Å². The van der Waals surface area contributed by atoms with Crippen LogP contribution in [-0.2, 0) is 16.0 Å². The van der Waals surface area contributed by atoms with Crippen molar-refractivity contribution in [2.45, 2.75) is 12.0 Å². The van der Waals surface area contributed by atoms with E-state index in [9.17, 15) is 14.7 Å². The molecule has 0 aliphatic rings. The van der Waals surface area contributed by atoms with Gasteiger partial charge in [0.15, 0.2) is 11.3 Å². The number of Topliss-reactive ketones (excluding diaryl/α,β-unsaturated/α-hetero) is 1. The molecule has 23 heavy (non-hydrogen) atoms. The number of rotatable bonds is 9. The summed E-state index contributed by atoms with van der Waals surface area (Å²) in [6.07, 6.45) is 1.58. The summed E-state index contributed by atoms with van der Waals surface area (Å²) in [4.78, 5) is 24.7. The third-order valence-electron chi connectivity index (χ3n) is 3.95. The van der Waals surface area contributed by atoms with E-state index >= 15 is 0 Å². The third-order valence-corrected chi connectivity index (χ3v) is 5.82. The largest absolute Gasteiger partial charge is 0.480 e. The van der Waals surface area contributed by atoms with Crippen molar-refractivity contribution < 1.29 is 14.7 Å². The molecule has 0 fully saturated rings. The molecule has 1 rings (SSSR count). The van der Waals surface area contributed by atoms with Crippen LogP contribution >= 0.6 is 35.0 Å². The third kappa shape index (κ3) is 3.76. The van der Waals surface area contributed by atoms with Crippen LogP contribution < -0.4 is 11.5 Å². The van der Waals surface area contributed by atoms with Gasteiger partial charge in [0.05, 0.1) is 0 Å². The molecular formula is C15H20Cl2N2O3S. The second-order valence-electron chi connectivity index (χ2n) is 5.39. The van der Waals surface area contributed by atoms with Gasteiger partial charge in [0.1, 0.15) is 0 Å². The van der Waals surface area contributed by atoms with Gasteiger partial charge in [0.25, 0.3) is 0 Å². The van der Waals surface area contributed by atoms with Gasteiger partial charge < -0.3 is 16.6 Å². The average molecular weight is 379 g/mol. The van der Waals surface area contributed by atoms with Crippen molar-refractivity contribution in [2.24, 2.45) is 11.1 Å². The number of nitrogen functional groups attached to an aromatic ring is 1. The summed E-state index contributed by atoms with van der Waals surface area (Å²) in [6, 6.07) is 6.74. The monoisotopic (exact) mass is 378 g/mol. The fraction of sp³-hybridized carbons (Fsp3) is 0.467. The lowest BCUT2D eigenvalue weighted by Gasteiger charge is -2.42. The topological polar surface area (TPSA) is 106 Å². The number of aliphatic carboxylic acids is 1. The number of para-hydroxylation sites is 1. The fourth-order valence-electron chi connectivity index (χ4n) is 2.36. The predicted molar refractivity (Wildman–Crippen MR) is 96.4 cm³/mol. The van der Waals surface area contributed by atoms with Gasteiger partial charge in [-0.3, -0.25) is 4.79 Å². The number of carbonyl (C=O) groups is 2. The summed E-state index contributed by atoms with van der Waals surface area (Å²) in [5.74, 6) is -2.14. The van der Waals surface area contributed by atoms with Crippen molar-refractivity contribution >= 4 is 52.4 Å². The fourth-order valence-corrected chi connectivity index (χ4v) is 4.47. The molecule has 0 heterocycles. The Bertz CT molecular complexity index is 582. The van der Waals surface area contributed by atoms with Gasteiger partial charge in [-0.2, -0.15) is 11.8 Å². The first-order chi connectivity index (χ1) is 10.8. The second-order valence-corrected chi connectivity index (χ2v) is 6.79. The van der Waals surface area contributed by atoms with Crippen LogP contribution in [-0.4, -0.2) is 46.2 Å². The Hall–Kier alpha value is -0.950. The van der Waals surface area contributed by atoms with E-state index in [4.69, 9.17) is 34.7 Å². The number of carboxylic acid groups (broad SMARTS) is 1. The number of alkyl halides is 2. The van der Waals surface area contributed by atoms with Crippen LogP contribution in [0.5, 0.6) is 0 Å². The first-order valence-electron chi connectivity index (χ1n) is 6.79. The van der Waals surface area contributed by atoms with Gasteiger partial charge in [-0.25, -0.2) is 4.79 Å². The standard InChI is InChI=1S/C15H20Cl2N2O3S/c1-23-9-14(7-16,8-17)15(19,13(21)22)12(20)6-10-4-2-3-5-11(10)18/h2-5H,6-9,18-19H2,1H3,(H,21,22). The molecule has 0 bridgehead atoms. The molecule has 5 N–H and O–H groups in total. The lowest BCUT2D eigenvalue weighted by molar-refractivity contribution is -0.152. The van der Waals surface area contributed by atoms with Gasteiger partial charge in [-0.1, -0.05) is 18.2 Å². The Morgan fingerprint density at radius 2 is 1.83 bits per heavy atom. The van der Waals surface area contributed by atoms with E-state index in [1.54, 1.807) is 30.5 Å². The first kappa shape index (κ1) is 20.1. The molecule has 0 saturated carbocycles. The van der Waals surface area contributed by atoms with E-state index in [0.717, 1.165) is 0 Å². The highest BCUT2D eigenvalue weighted by molar-refractivity contribution is 7.98. The van der Waals surface area contributed by atoms with Gasteiger partial charge in [-0.05, 0) is 17.9 Å². The van der Waals surface area contributed by atoms with Gasteiger partial charge in [0, 0.05) is 35.0 Å². The molecule has 128 valence electrons. The van der Waals surface area contributed by atoms with Crippen LogP contribution in [0.25, 0.3) is 0 Å². The van der Waals surface area contributed by atoms with E-state index < -0.39 is 22.7 Å². The molecule has 5 nitrogen and oxygen atoms in total. The zero-order chi connectivity index (χ0) is 17.7. The molecule has 1 aromatic carbocycles. The highest BCUT2D eigenvalue weighted by Gasteiger charge is 2.58. The lowest BCUT2D eigenvalue weighted by atomic mass is 9.69. The lowest BCUT2D eigenvalue weighted by Crippen LogP contribution is -2.69. The van der Waals surface area contributed by atoms with Crippen molar-refractivity contribution in [1.82, 2.24) is 0 Å². The second kappa shape index (κ2) is 8.24. The number of hydrogen-bond donors (Lipinski definition) is 3. The number of nitrogens with two attached hydrogens (primary N) is 2. The van der Waals surface area contributed by atoms with E-state index in [2.05, 4.69) is 0 Å². The molecule has 0 aliphatic heterocycles. The minimum absolute atomic E-state index is 0.143. The molecule has 1 aromatic rings. The number of hydrogen-bond acceptors (Lipinski definition) is 5. The molecule has 1 atom stereocenters. The molecular weight excluding hydrogens is 359 g/mol. The van der Waals surface area contributed by atoms with Crippen LogP contribution in [0.4, 0.5) is 5.69 Å². The number of carboxylic acids is 1. The van der Waals surface area contributed by atoms with Gasteiger partial charge in [-0.15, -0.1) is 23.2 Å². The van der Waals surface area contributed by atoms with Gasteiger partial charge >= 0.3 is 5.97 Å². The van der Waals surface area contributed by atoms with Crippen LogP contribution in [0.3, 0.4) is 0 Å². The predicted octanol–water partition coefficient (Wildman–Crippen LogP) is 1.99. The van der Waals surface area contributed by atoms with E-state index in [0.29, 0.717) is 11.3 Å². The Balaban J connectivity index is 3.30. The number of ketones is 1. The van der Waals surface area contributed by atoms with Crippen LogP contribution in [0, 0.1) is 5.41 Å². The van der Waals surface area contributed by atoms with Crippen LogP contribution in [0.2, 0.25) is 0 Å². The number of anilines is 1. The van der Waals surface area contributed by atoms with Crippen molar-refractivity contribution in [2.75, 3.05) is 29.5 Å². The molecule has 0 radical (unpaired) electrons. The molecule has 0 aliphatic carbocycles. The number of thioether (sulfide) groups is 1. The maximum atomic E-state index is 12.8. The highest BCUT2D eigenvalue weighted by Crippen LogP contribution is 2.38. The summed E-state index contributed by atoms with van der Waals surface area (Å²) in [6.45, 7) is 0. The quantitative estimate of drug-likeness (QED) is 0.344. The van der Waals surface area contributed by atoms with Crippen molar-refractivity contribution in [3.05, 3.63) is 29.8 Å². The van der Waals surface area contributed by atoms with E-state index in [-0.39, 0.29) is 23.9 Å². The number of benzene rings is 1. The zero-order valence-electron chi connectivity index (χ0n) is 12.7. The smallest absolute Gasteiger partial charge is 0.332 e. The first-order valence-corrected chi connectivity index (χ1v) is 9.25. The van der Waals surface area contributed by atoms with Crippen molar-refractivity contribution in [3.8, 4) is 0 Å². The summed E-state index contributed by atoms with van der Waals surface area (Å²) in [5.41, 5.74) is 9.39. The Morgan fingerprint density at radius 3 is 2.26 bits per heavy atom. The highest BCUT2D eigenvalue weighted by atomic mass is 35.5. The zero-order valence-corrected chi connectivity index (χ0v) is 15.0. The van der Waals surface area contributed by atoms with E-state index in [1.165, 1.54) is 11.8 Å². The number of carbonyl (C=O) groups excluding carboxylic acids is 1. The van der Waals surface area contributed by atoms with Gasteiger partial charge in [0.2, 0.25) is 0 Å². The Labute approximate surface area is 149 Å². The minimum atomic E-state index is -2.19. The van der Waals surface area contributed by atoms with Crippen molar-refractivity contribution in [3.63, 3.8) is 0 Å². The van der Waals surface area contributed by atoms with E-state index in [1.807, 2.05) is 0 Å².